The van der Waals surface area contributed by atoms with Crippen LogP contribution in [-0.4, -0.2) is 74.4 Å². The van der Waals surface area contributed by atoms with E-state index in [1.165, 1.54) is 24.3 Å². The minimum Gasteiger partial charge on any atom is -0.457 e. The molecule has 3 N–H and O–H groups in total. The number of Topliss-reactive ketones (excluding diaryl/α,β-unsaturated/α-hetero) is 1. The first-order valence-electron chi connectivity index (χ1n) is 17.8. The highest BCUT2D eigenvalue weighted by Crippen LogP contribution is 2.71. The molecule has 0 heterocycles. The number of carbonyl (C=O) groups excluding carboxylic acids is 5. The maximum Gasteiger partial charge on any atom is 0.311 e. The Kier molecular flexibility index (Phi) is 11.6. The van der Waals surface area contributed by atoms with Crippen LogP contribution in [0, 0.1) is 28.6 Å². The van der Waals surface area contributed by atoms with Crippen LogP contribution in [-0.2, 0) is 44.9 Å². The van der Waals surface area contributed by atoms with Gasteiger partial charge in [0.2, 0.25) is 5.78 Å². The van der Waals surface area contributed by atoms with E-state index in [1.54, 1.807) is 39.0 Å². The van der Waals surface area contributed by atoms with Crippen molar-refractivity contribution in [2.24, 2.45) is 28.6 Å². The second kappa shape index (κ2) is 15.3. The lowest BCUT2D eigenvalue weighted by atomic mass is 9.44. The van der Waals surface area contributed by atoms with Crippen molar-refractivity contribution in [1.82, 2.24) is 5.39 Å². The number of allylic oxidation sites excluding steroid dienone is 4. The van der Waals surface area contributed by atoms with Crippen LogP contribution in [0.4, 0.5) is 4.39 Å². The molecule has 284 valence electrons. The quantitative estimate of drug-likeness (QED) is 0.131. The largest absolute Gasteiger partial charge is 0.457 e. The molecule has 0 aliphatic heterocycles. The van der Waals surface area contributed by atoms with Crippen LogP contribution in [0.2, 0.25) is 0 Å². The minimum atomic E-state index is -2.15. The molecular formula is C38H48FNO12. The van der Waals surface area contributed by atoms with Crippen LogP contribution in [0.15, 0.2) is 48.1 Å². The van der Waals surface area contributed by atoms with Gasteiger partial charge in [0.25, 0.3) is 0 Å². The van der Waals surface area contributed by atoms with Gasteiger partial charge in [-0.1, -0.05) is 51.0 Å². The number of unbranched alkanes of at least 4 members (excludes halogenated alkanes) is 1. The Balaban J connectivity index is 1.32. The van der Waals surface area contributed by atoms with Crippen LogP contribution >= 0.6 is 0 Å². The average molecular weight is 730 g/mol. The molecule has 14 heteroatoms. The number of hydrogen-bond donors (Lipinski definition) is 3. The number of esters is 3. The lowest BCUT2D eigenvalue weighted by Crippen LogP contribution is -2.70. The van der Waals surface area contributed by atoms with E-state index in [-0.39, 0.29) is 37.4 Å². The van der Waals surface area contributed by atoms with Gasteiger partial charge < -0.3 is 19.3 Å². The van der Waals surface area contributed by atoms with E-state index in [0.717, 1.165) is 0 Å². The molecule has 5 rings (SSSR count). The maximum atomic E-state index is 17.7. The number of ketones is 2. The predicted molar refractivity (Wildman–Crippen MR) is 179 cm³/mol. The van der Waals surface area contributed by atoms with Gasteiger partial charge >= 0.3 is 17.9 Å². The van der Waals surface area contributed by atoms with E-state index < -0.39 is 88.1 Å². The molecule has 1 aromatic carbocycles. The molecule has 0 amide bonds. The Hall–Kier alpha value is -3.82. The molecule has 1 unspecified atom stereocenters. The molecule has 0 aromatic heterocycles. The Labute approximate surface area is 301 Å². The summed E-state index contributed by atoms with van der Waals surface area (Å²) in [6.07, 6.45) is 4.08. The minimum absolute atomic E-state index is 0.0439. The molecule has 13 nitrogen and oxygen atoms in total. The summed E-state index contributed by atoms with van der Waals surface area (Å²) >= 11 is 0. The van der Waals surface area contributed by atoms with Crippen LogP contribution in [0.25, 0.3) is 0 Å². The monoisotopic (exact) mass is 729 g/mol. The summed E-state index contributed by atoms with van der Waals surface area (Å²) in [5, 5.41) is 28.8. The Morgan fingerprint density at radius 2 is 1.77 bits per heavy atom. The van der Waals surface area contributed by atoms with Gasteiger partial charge in [-0.3, -0.25) is 34.4 Å². The van der Waals surface area contributed by atoms with Gasteiger partial charge in [0, 0.05) is 29.1 Å². The van der Waals surface area contributed by atoms with Crippen molar-refractivity contribution in [2.45, 2.75) is 109 Å². The van der Waals surface area contributed by atoms with Crippen LogP contribution in [0.5, 0.6) is 5.75 Å². The molecule has 3 fully saturated rings. The van der Waals surface area contributed by atoms with Crippen molar-refractivity contribution in [3.63, 3.8) is 0 Å². The summed E-state index contributed by atoms with van der Waals surface area (Å²) in [6, 6.07) is 6.06. The molecule has 4 aliphatic carbocycles. The average Bonchev–Trinajstić information content (AvgIpc) is 3.31. The van der Waals surface area contributed by atoms with E-state index in [4.69, 9.17) is 24.6 Å². The fourth-order valence-corrected chi connectivity index (χ4v) is 9.49. The van der Waals surface area contributed by atoms with Gasteiger partial charge in [0.1, 0.15) is 5.75 Å². The third-order valence-corrected chi connectivity index (χ3v) is 12.0. The normalized spacial score (nSPS) is 33.4. The molecule has 8 atom stereocenters. The second-order valence-corrected chi connectivity index (χ2v) is 14.9. The number of halogens is 1. The van der Waals surface area contributed by atoms with Crippen molar-refractivity contribution in [3.8, 4) is 5.75 Å². The molecule has 0 saturated heterocycles. The number of ether oxygens (including phenoxy) is 3. The van der Waals surface area contributed by atoms with Crippen molar-refractivity contribution >= 4 is 29.5 Å². The molecule has 1 aromatic rings. The van der Waals surface area contributed by atoms with Crippen LogP contribution in [0.1, 0.15) is 91.0 Å². The molecule has 4 aliphatic rings. The number of hydrogen-bond acceptors (Lipinski definition) is 13. The zero-order valence-corrected chi connectivity index (χ0v) is 30.0. The van der Waals surface area contributed by atoms with E-state index in [0.29, 0.717) is 43.2 Å². The predicted octanol–water partition coefficient (Wildman–Crippen LogP) is 5.09. The Morgan fingerprint density at radius 1 is 1.04 bits per heavy atom. The topological polar surface area (TPSA) is 186 Å². The molecule has 0 radical (unpaired) electrons. The van der Waals surface area contributed by atoms with Gasteiger partial charge in [-0.15, -0.1) is 0 Å². The number of aliphatic hydroxyl groups is 1. The van der Waals surface area contributed by atoms with E-state index >= 15 is 4.39 Å². The SMILES string of the molecule is CCCCC(=O)O[C@]1(C(=O)COC(=O)CCC(=O)Oc2cccc(CON(O)O)c2)[C@@H](C)C[C@H]2C3CCC4=CC(=O)C=C[C@]4(C)[C@@]3(F)[C@@H](O)C[C@@]21C. The highest BCUT2D eigenvalue weighted by atomic mass is 19.1. The number of rotatable bonds is 14. The first-order valence-corrected chi connectivity index (χ1v) is 17.8. The zero-order chi connectivity index (χ0) is 38.1. The van der Waals surface area contributed by atoms with E-state index in [9.17, 15) is 29.1 Å². The number of aliphatic hydroxyl groups excluding tert-OH is 1. The Bertz CT molecular complexity index is 1640. The first-order chi connectivity index (χ1) is 24.5. The van der Waals surface area contributed by atoms with Gasteiger partial charge in [-0.05, 0) is 74.8 Å². The van der Waals surface area contributed by atoms with E-state index in [2.05, 4.69) is 4.84 Å². The smallest absolute Gasteiger partial charge is 0.311 e. The number of nitrogens with zero attached hydrogens (tertiary/aromatic N) is 1. The van der Waals surface area contributed by atoms with Gasteiger partial charge in [-0.25, -0.2) is 9.23 Å². The second-order valence-electron chi connectivity index (χ2n) is 14.9. The summed E-state index contributed by atoms with van der Waals surface area (Å²) in [4.78, 5) is 69.8. The maximum absolute atomic E-state index is 17.7. The standard InChI is InChI=1S/C38H48FNO12/c1-5-6-10-34(46)52-38(31(43)22-49-32(44)13-14-33(45)51-27-9-7-8-24(18-27)21-50-40(47)48)23(2)17-29-28-12-11-25-19-26(41)15-16-35(25,3)37(28,39)30(42)20-36(29,38)4/h7-9,15-16,18-19,23,28-30,42,47-48H,5-6,10-14,17,20-22H2,1-4H3/t23-,28?,29-,30-,35-,36-,37-,38-/m0/s1. The fourth-order valence-electron chi connectivity index (χ4n) is 9.49. The molecular weight excluding hydrogens is 681 g/mol. The summed E-state index contributed by atoms with van der Waals surface area (Å²) in [5.74, 6) is -4.88. The molecule has 0 spiro atoms. The van der Waals surface area contributed by atoms with E-state index in [1.807, 2.05) is 6.92 Å². The number of alkyl halides is 1. The van der Waals surface area contributed by atoms with Crippen LogP contribution < -0.4 is 4.74 Å². The molecule has 52 heavy (non-hydrogen) atoms. The molecule has 3 saturated carbocycles. The van der Waals surface area contributed by atoms with Gasteiger partial charge in [0.15, 0.2) is 23.7 Å². The van der Waals surface area contributed by atoms with Crippen molar-refractivity contribution in [2.75, 3.05) is 6.61 Å². The van der Waals surface area contributed by atoms with Gasteiger partial charge in [0.05, 0.1) is 30.9 Å². The lowest BCUT2D eigenvalue weighted by molar-refractivity contribution is -0.497. The van der Waals surface area contributed by atoms with Crippen molar-refractivity contribution in [1.29, 1.82) is 0 Å². The number of benzene rings is 1. The fraction of sp³-hybridized carbons (Fsp3) is 0.605. The van der Waals surface area contributed by atoms with Crippen molar-refractivity contribution < 1.29 is 62.9 Å². The summed E-state index contributed by atoms with van der Waals surface area (Å²) in [5.41, 5.74) is -5.37. The van der Waals surface area contributed by atoms with Crippen molar-refractivity contribution in [3.05, 3.63) is 53.6 Å². The molecule has 0 bridgehead atoms. The van der Waals surface area contributed by atoms with Gasteiger partial charge in [-0.2, -0.15) is 0 Å². The number of fused-ring (bicyclic) bond motifs is 5. The summed E-state index contributed by atoms with van der Waals surface area (Å²) < 4.78 is 34.5. The highest BCUT2D eigenvalue weighted by molar-refractivity contribution is 6.01. The third kappa shape index (κ3) is 6.98. The number of carbonyl (C=O) groups is 5. The first kappa shape index (κ1) is 39.4. The van der Waals surface area contributed by atoms with Crippen LogP contribution in [0.3, 0.4) is 0 Å². The third-order valence-electron chi connectivity index (χ3n) is 12.0. The lowest BCUT2D eigenvalue weighted by Gasteiger charge is -2.62. The summed E-state index contributed by atoms with van der Waals surface area (Å²) in [7, 11) is 0. The summed E-state index contributed by atoms with van der Waals surface area (Å²) in [6.45, 7) is 6.13. The zero-order valence-electron chi connectivity index (χ0n) is 30.0. The highest BCUT2D eigenvalue weighted by Gasteiger charge is 2.77. The Morgan fingerprint density at radius 3 is 2.48 bits per heavy atom.